The predicted molar refractivity (Wildman–Crippen MR) is 56.6 cm³/mol. The van der Waals surface area contributed by atoms with Crippen LogP contribution >= 0.6 is 0 Å². The minimum atomic E-state index is -1.32. The summed E-state index contributed by atoms with van der Waals surface area (Å²) in [7, 11) is 1.55. The number of hydrogen-bond acceptors (Lipinski definition) is 2. The molecule has 0 saturated carbocycles. The zero-order valence-corrected chi connectivity index (χ0v) is 9.41. The molecule has 1 fully saturated rings. The maximum Gasteiger partial charge on any atom is 0.172 e. The van der Waals surface area contributed by atoms with Crippen molar-refractivity contribution in [1.29, 1.82) is 0 Å². The van der Waals surface area contributed by atoms with Crippen molar-refractivity contribution in [2.24, 2.45) is 0 Å². The third-order valence-electron chi connectivity index (χ3n) is 3.06. The summed E-state index contributed by atoms with van der Waals surface area (Å²) in [6, 6.07) is 3.73. The summed E-state index contributed by atoms with van der Waals surface area (Å²) in [5, 5.41) is 0. The zero-order valence-electron chi connectivity index (χ0n) is 9.41. The average molecular weight is 226 g/mol. The first-order chi connectivity index (χ1) is 7.76. The van der Waals surface area contributed by atoms with Crippen LogP contribution in [0.1, 0.15) is 24.5 Å². The van der Waals surface area contributed by atoms with Gasteiger partial charge in [0.05, 0.1) is 0 Å². The molecule has 0 bridgehead atoms. The van der Waals surface area contributed by atoms with Gasteiger partial charge in [-0.3, -0.25) is 0 Å². The Bertz CT molecular complexity index is 325. The molecule has 1 aliphatic rings. The van der Waals surface area contributed by atoms with E-state index in [-0.39, 0.29) is 0 Å². The van der Waals surface area contributed by atoms with E-state index in [1.807, 2.05) is 12.1 Å². The highest BCUT2D eigenvalue weighted by Gasteiger charge is 2.42. The first-order valence-electron chi connectivity index (χ1n) is 5.52. The molecule has 1 saturated heterocycles. The van der Waals surface area contributed by atoms with Gasteiger partial charge in [-0.05, 0) is 6.07 Å². The van der Waals surface area contributed by atoms with E-state index in [4.69, 9.17) is 9.47 Å². The molecule has 1 N–H and O–H groups in total. The highest BCUT2D eigenvalue weighted by molar-refractivity contribution is 5.14. The van der Waals surface area contributed by atoms with Crippen LogP contribution in [0.4, 0.5) is 4.39 Å². The van der Waals surface area contributed by atoms with E-state index in [0.29, 0.717) is 26.1 Å². The normalized spacial score (nSPS) is 21.6. The van der Waals surface area contributed by atoms with Crippen LogP contribution in [0.15, 0.2) is 24.5 Å². The number of aromatic nitrogens is 1. The van der Waals surface area contributed by atoms with Crippen LogP contribution < -0.4 is 4.98 Å². The van der Waals surface area contributed by atoms with Gasteiger partial charge < -0.3 is 9.47 Å². The standard InChI is InChI=1S/C12H16FNO2/c1-15-11(10-3-2-6-14-9-10)12(13)4-7-16-8-5-12/h2-3,6,9,11H,4-5,7-8H2,1H3/p+1. The number of rotatable bonds is 3. The molecule has 0 aromatic carbocycles. The number of alkyl halides is 1. The average Bonchev–Trinajstić information content (AvgIpc) is 2.32. The third-order valence-corrected chi connectivity index (χ3v) is 3.06. The van der Waals surface area contributed by atoms with Crippen LogP contribution in [0.2, 0.25) is 0 Å². The smallest absolute Gasteiger partial charge is 0.172 e. The topological polar surface area (TPSA) is 32.6 Å². The van der Waals surface area contributed by atoms with Crippen molar-refractivity contribution < 1.29 is 18.8 Å². The van der Waals surface area contributed by atoms with Crippen LogP contribution in [0.5, 0.6) is 0 Å². The molecule has 1 aromatic heterocycles. The Morgan fingerprint density at radius 2 is 2.25 bits per heavy atom. The summed E-state index contributed by atoms with van der Waals surface area (Å²) in [4.78, 5) is 2.95. The van der Waals surface area contributed by atoms with Gasteiger partial charge in [0.2, 0.25) is 0 Å². The summed E-state index contributed by atoms with van der Waals surface area (Å²) in [6.45, 7) is 0.930. The lowest BCUT2D eigenvalue weighted by Crippen LogP contribution is -2.39. The van der Waals surface area contributed by atoms with E-state index in [9.17, 15) is 4.39 Å². The lowest BCUT2D eigenvalue weighted by Gasteiger charge is -2.35. The van der Waals surface area contributed by atoms with Crippen molar-refractivity contribution in [1.82, 2.24) is 0 Å². The molecular formula is C12H17FNO2+. The Balaban J connectivity index is 2.21. The van der Waals surface area contributed by atoms with Crippen molar-refractivity contribution in [2.45, 2.75) is 24.6 Å². The van der Waals surface area contributed by atoms with Gasteiger partial charge in [-0.1, -0.05) is 0 Å². The second-order valence-electron chi connectivity index (χ2n) is 4.10. The minimum Gasteiger partial charge on any atom is -0.381 e. The number of nitrogens with one attached hydrogen (secondary N) is 1. The highest BCUT2D eigenvalue weighted by Crippen LogP contribution is 2.39. The third kappa shape index (κ3) is 2.23. The van der Waals surface area contributed by atoms with E-state index in [1.165, 1.54) is 0 Å². The van der Waals surface area contributed by atoms with Gasteiger partial charge in [0.1, 0.15) is 11.8 Å². The number of ether oxygens (including phenoxy) is 2. The van der Waals surface area contributed by atoms with Gasteiger partial charge in [-0.25, -0.2) is 9.37 Å². The summed E-state index contributed by atoms with van der Waals surface area (Å²) in [5.74, 6) is 0. The quantitative estimate of drug-likeness (QED) is 0.786. The van der Waals surface area contributed by atoms with Crippen molar-refractivity contribution in [3.05, 3.63) is 30.1 Å². The molecule has 0 radical (unpaired) electrons. The summed E-state index contributed by atoms with van der Waals surface area (Å²) in [6.07, 6.45) is 3.84. The molecule has 1 atom stereocenters. The number of H-pyrrole nitrogens is 1. The Morgan fingerprint density at radius 3 is 2.81 bits per heavy atom. The number of halogens is 1. The highest BCUT2D eigenvalue weighted by atomic mass is 19.1. The maximum atomic E-state index is 14.7. The number of hydrogen-bond donors (Lipinski definition) is 0. The minimum absolute atomic E-state index is 0.389. The number of methoxy groups -OCH3 is 1. The molecule has 0 aliphatic carbocycles. The van der Waals surface area contributed by atoms with Crippen LogP contribution in [-0.2, 0) is 9.47 Å². The molecule has 3 nitrogen and oxygen atoms in total. The molecular weight excluding hydrogens is 209 g/mol. The first-order valence-corrected chi connectivity index (χ1v) is 5.52. The summed E-state index contributed by atoms with van der Waals surface area (Å²) in [5.41, 5.74) is -0.475. The number of pyridine rings is 1. The lowest BCUT2D eigenvalue weighted by molar-refractivity contribution is -0.379. The fourth-order valence-electron chi connectivity index (χ4n) is 2.19. The second kappa shape index (κ2) is 4.89. The molecule has 88 valence electrons. The molecule has 2 rings (SSSR count). The fraction of sp³-hybridized carbons (Fsp3) is 0.583. The van der Waals surface area contributed by atoms with E-state index in [0.717, 1.165) is 5.56 Å². The van der Waals surface area contributed by atoms with Crippen molar-refractivity contribution >= 4 is 0 Å². The number of aromatic amines is 1. The maximum absolute atomic E-state index is 14.7. The van der Waals surface area contributed by atoms with Crippen molar-refractivity contribution in [3.63, 3.8) is 0 Å². The summed E-state index contributed by atoms with van der Waals surface area (Å²) < 4.78 is 25.2. The Hall–Kier alpha value is -1.00. The Kier molecular flexibility index (Phi) is 3.51. The van der Waals surface area contributed by atoms with Gasteiger partial charge in [0.25, 0.3) is 0 Å². The van der Waals surface area contributed by atoms with E-state index in [1.54, 1.807) is 19.5 Å². The predicted octanol–water partition coefficient (Wildman–Crippen LogP) is 1.71. The molecule has 16 heavy (non-hydrogen) atoms. The fourth-order valence-corrected chi connectivity index (χ4v) is 2.19. The summed E-state index contributed by atoms with van der Waals surface area (Å²) >= 11 is 0. The Morgan fingerprint density at radius 1 is 1.50 bits per heavy atom. The first kappa shape index (κ1) is 11.5. The molecule has 0 amide bonds. The molecule has 1 unspecified atom stereocenters. The van der Waals surface area contributed by atoms with Crippen LogP contribution in [0.25, 0.3) is 0 Å². The second-order valence-corrected chi connectivity index (χ2v) is 4.10. The monoisotopic (exact) mass is 226 g/mol. The van der Waals surface area contributed by atoms with Crippen LogP contribution in [0, 0.1) is 0 Å². The largest absolute Gasteiger partial charge is 0.381 e. The molecule has 4 heteroatoms. The van der Waals surface area contributed by atoms with Gasteiger partial charge >= 0.3 is 0 Å². The van der Waals surface area contributed by atoms with E-state index < -0.39 is 11.8 Å². The molecule has 1 aliphatic heterocycles. The van der Waals surface area contributed by atoms with Gasteiger partial charge in [0.15, 0.2) is 12.4 Å². The van der Waals surface area contributed by atoms with Gasteiger partial charge in [-0.15, -0.1) is 0 Å². The Labute approximate surface area is 94.6 Å². The van der Waals surface area contributed by atoms with E-state index in [2.05, 4.69) is 4.98 Å². The zero-order chi connectivity index (χ0) is 11.4. The van der Waals surface area contributed by atoms with Crippen LogP contribution in [0.3, 0.4) is 0 Å². The van der Waals surface area contributed by atoms with Crippen LogP contribution in [-0.4, -0.2) is 26.0 Å². The molecule has 0 spiro atoms. The molecule has 1 aromatic rings. The van der Waals surface area contributed by atoms with Gasteiger partial charge in [-0.2, -0.15) is 0 Å². The van der Waals surface area contributed by atoms with Crippen molar-refractivity contribution in [3.8, 4) is 0 Å². The van der Waals surface area contributed by atoms with Crippen molar-refractivity contribution in [2.75, 3.05) is 20.3 Å². The SMILES string of the molecule is COC(c1ccc[nH+]c1)C1(F)CCOCC1. The van der Waals surface area contributed by atoms with E-state index >= 15 is 0 Å². The lowest BCUT2D eigenvalue weighted by atomic mass is 9.86. The van der Waals surface area contributed by atoms with Gasteiger partial charge in [0, 0.05) is 44.8 Å². The molecule has 2 heterocycles.